The molecule has 3 aliphatic rings. The van der Waals surface area contributed by atoms with Crippen molar-refractivity contribution in [3.63, 3.8) is 0 Å². The van der Waals surface area contributed by atoms with E-state index in [-0.39, 0.29) is 12.2 Å². The Morgan fingerprint density at radius 3 is 2.67 bits per heavy atom. The fourth-order valence-electron chi connectivity index (χ4n) is 4.07. The van der Waals surface area contributed by atoms with Gasteiger partial charge in [0.1, 0.15) is 11.9 Å². The maximum absolute atomic E-state index is 12.3. The maximum atomic E-state index is 12.3. The van der Waals surface area contributed by atoms with Gasteiger partial charge >= 0.3 is 6.09 Å². The number of amides is 1. The van der Waals surface area contributed by atoms with E-state index in [0.717, 1.165) is 56.9 Å². The van der Waals surface area contributed by atoms with Crippen LogP contribution in [0.3, 0.4) is 0 Å². The van der Waals surface area contributed by atoms with Gasteiger partial charge in [-0.05, 0) is 50.4 Å². The molecule has 3 saturated heterocycles. The molecule has 5 nitrogen and oxygen atoms in total. The zero-order valence-electron chi connectivity index (χ0n) is 16.6. The molecule has 2 bridgehead atoms. The second-order valence-electron chi connectivity index (χ2n) is 7.85. The number of nitrogens with zero attached hydrogens (tertiary/aromatic N) is 1. The third kappa shape index (κ3) is 6.42. The molecule has 1 N–H and O–H groups in total. The van der Waals surface area contributed by atoms with Crippen molar-refractivity contribution in [2.45, 2.75) is 64.4 Å². The number of fused-ring (bicyclic) bond motifs is 3. The third-order valence-corrected chi connectivity index (χ3v) is 5.70. The molecule has 27 heavy (non-hydrogen) atoms. The predicted molar refractivity (Wildman–Crippen MR) is 108 cm³/mol. The molecule has 3 heterocycles. The SMILES string of the molecule is CCCCCCCCOc1cccc(NC(=O)O[C@@H]2CN3CCC2CC3)c1. The van der Waals surface area contributed by atoms with Gasteiger partial charge in [0.15, 0.2) is 0 Å². The highest BCUT2D eigenvalue weighted by molar-refractivity contribution is 5.85. The minimum atomic E-state index is -0.359. The van der Waals surface area contributed by atoms with Crippen LogP contribution in [-0.2, 0) is 4.74 Å². The lowest BCUT2D eigenvalue weighted by molar-refractivity contribution is -0.0289. The minimum Gasteiger partial charge on any atom is -0.494 e. The number of piperidine rings is 3. The van der Waals surface area contributed by atoms with Crippen LogP contribution in [0.5, 0.6) is 5.75 Å². The molecule has 5 heteroatoms. The van der Waals surface area contributed by atoms with Gasteiger partial charge in [-0.1, -0.05) is 45.1 Å². The van der Waals surface area contributed by atoms with Crippen LogP contribution in [0.25, 0.3) is 0 Å². The zero-order chi connectivity index (χ0) is 18.9. The first-order chi connectivity index (χ1) is 13.2. The van der Waals surface area contributed by atoms with Crippen molar-refractivity contribution < 1.29 is 14.3 Å². The molecule has 3 fully saturated rings. The Morgan fingerprint density at radius 1 is 1.15 bits per heavy atom. The van der Waals surface area contributed by atoms with Crippen molar-refractivity contribution in [1.29, 1.82) is 0 Å². The van der Waals surface area contributed by atoms with E-state index in [1.165, 1.54) is 32.1 Å². The second kappa shape index (κ2) is 10.5. The summed E-state index contributed by atoms with van der Waals surface area (Å²) in [5, 5.41) is 2.85. The van der Waals surface area contributed by atoms with Gasteiger partial charge in [-0.25, -0.2) is 4.79 Å². The summed E-state index contributed by atoms with van der Waals surface area (Å²) >= 11 is 0. The molecule has 1 amide bonds. The molecule has 1 aromatic rings. The van der Waals surface area contributed by atoms with E-state index in [1.807, 2.05) is 24.3 Å². The molecule has 0 aromatic heterocycles. The summed E-state index contributed by atoms with van der Waals surface area (Å²) in [5.74, 6) is 1.32. The van der Waals surface area contributed by atoms with Crippen molar-refractivity contribution in [1.82, 2.24) is 4.90 Å². The molecule has 0 unspecified atom stereocenters. The molecule has 0 radical (unpaired) electrons. The van der Waals surface area contributed by atoms with Crippen LogP contribution in [0.1, 0.15) is 58.3 Å². The first-order valence-electron chi connectivity index (χ1n) is 10.7. The van der Waals surface area contributed by atoms with Crippen LogP contribution in [0, 0.1) is 5.92 Å². The summed E-state index contributed by atoms with van der Waals surface area (Å²) in [4.78, 5) is 14.6. The molecule has 4 rings (SSSR count). The Morgan fingerprint density at radius 2 is 1.93 bits per heavy atom. The largest absolute Gasteiger partial charge is 0.494 e. The number of carbonyl (C=O) groups excluding carboxylic acids is 1. The van der Waals surface area contributed by atoms with E-state index in [2.05, 4.69) is 17.1 Å². The van der Waals surface area contributed by atoms with E-state index in [4.69, 9.17) is 9.47 Å². The molecule has 150 valence electrons. The summed E-state index contributed by atoms with van der Waals surface area (Å²) < 4.78 is 11.5. The van der Waals surface area contributed by atoms with Crippen molar-refractivity contribution in [3.8, 4) is 5.75 Å². The van der Waals surface area contributed by atoms with Gasteiger partial charge in [-0.15, -0.1) is 0 Å². The Bertz CT molecular complexity index is 585. The summed E-state index contributed by atoms with van der Waals surface area (Å²) in [6.07, 6.45) is 9.43. The van der Waals surface area contributed by atoms with Gasteiger partial charge in [0.05, 0.1) is 6.61 Å². The number of hydrogen-bond donors (Lipinski definition) is 1. The van der Waals surface area contributed by atoms with Crippen LogP contribution < -0.4 is 10.1 Å². The highest BCUT2D eigenvalue weighted by Gasteiger charge is 2.36. The lowest BCUT2D eigenvalue weighted by Crippen LogP contribution is -2.52. The lowest BCUT2D eigenvalue weighted by Gasteiger charge is -2.43. The summed E-state index contributed by atoms with van der Waals surface area (Å²) in [7, 11) is 0. The zero-order valence-corrected chi connectivity index (χ0v) is 16.6. The Hall–Kier alpha value is -1.75. The molecule has 0 spiro atoms. The normalized spacial score (nSPS) is 23.8. The van der Waals surface area contributed by atoms with E-state index in [0.29, 0.717) is 5.92 Å². The van der Waals surface area contributed by atoms with Gasteiger partial charge in [0, 0.05) is 18.3 Å². The van der Waals surface area contributed by atoms with Crippen LogP contribution >= 0.6 is 0 Å². The van der Waals surface area contributed by atoms with Gasteiger partial charge in [0.2, 0.25) is 0 Å². The Labute approximate surface area is 163 Å². The van der Waals surface area contributed by atoms with Gasteiger partial charge in [0.25, 0.3) is 0 Å². The fraction of sp³-hybridized carbons (Fsp3) is 0.682. The van der Waals surface area contributed by atoms with E-state index < -0.39 is 0 Å². The quantitative estimate of drug-likeness (QED) is 0.581. The fourth-order valence-corrected chi connectivity index (χ4v) is 4.07. The maximum Gasteiger partial charge on any atom is 0.411 e. The molecule has 3 aliphatic heterocycles. The molecule has 1 aromatic carbocycles. The second-order valence-corrected chi connectivity index (χ2v) is 7.85. The van der Waals surface area contributed by atoms with E-state index >= 15 is 0 Å². The van der Waals surface area contributed by atoms with E-state index in [9.17, 15) is 4.79 Å². The van der Waals surface area contributed by atoms with Gasteiger partial charge in [-0.3, -0.25) is 10.2 Å². The smallest absolute Gasteiger partial charge is 0.411 e. The predicted octanol–water partition coefficient (Wildman–Crippen LogP) is 5.07. The highest BCUT2D eigenvalue weighted by atomic mass is 16.6. The number of hydrogen-bond acceptors (Lipinski definition) is 4. The van der Waals surface area contributed by atoms with Crippen LogP contribution in [0.15, 0.2) is 24.3 Å². The first-order valence-corrected chi connectivity index (χ1v) is 10.7. The Balaban J connectivity index is 1.37. The average Bonchev–Trinajstić information content (AvgIpc) is 2.68. The number of carbonyl (C=O) groups is 1. The van der Waals surface area contributed by atoms with Crippen LogP contribution in [-0.4, -0.2) is 43.3 Å². The number of rotatable bonds is 10. The summed E-state index contributed by atoms with van der Waals surface area (Å²) in [5.41, 5.74) is 0.724. The van der Waals surface area contributed by atoms with Gasteiger partial charge < -0.3 is 9.47 Å². The highest BCUT2D eigenvalue weighted by Crippen LogP contribution is 2.29. The first kappa shape index (κ1) is 20.0. The number of benzene rings is 1. The molecular formula is C22H34N2O3. The summed E-state index contributed by atoms with van der Waals surface area (Å²) in [6, 6.07) is 7.58. The van der Waals surface area contributed by atoms with Crippen LogP contribution in [0.4, 0.5) is 10.5 Å². The third-order valence-electron chi connectivity index (χ3n) is 5.70. The number of ether oxygens (including phenoxy) is 2. The molecule has 0 aliphatic carbocycles. The number of nitrogens with one attached hydrogen (secondary N) is 1. The molecule has 1 atom stereocenters. The summed E-state index contributed by atoms with van der Waals surface area (Å²) in [6.45, 7) is 6.12. The van der Waals surface area contributed by atoms with Crippen molar-refractivity contribution in [3.05, 3.63) is 24.3 Å². The Kier molecular flexibility index (Phi) is 7.81. The number of anilines is 1. The molecular weight excluding hydrogens is 340 g/mol. The monoisotopic (exact) mass is 374 g/mol. The standard InChI is InChI=1S/C22H34N2O3/c1-2-3-4-5-6-7-15-26-20-10-8-9-19(16-20)23-22(25)27-21-17-24-13-11-18(21)12-14-24/h8-10,16,18,21H,2-7,11-15,17H2,1H3,(H,23,25)/t21-/m1/s1. The minimum absolute atomic E-state index is 0.0274. The number of unbranched alkanes of at least 4 members (excludes halogenated alkanes) is 5. The van der Waals surface area contributed by atoms with Gasteiger partial charge in [-0.2, -0.15) is 0 Å². The lowest BCUT2D eigenvalue weighted by atomic mass is 9.86. The van der Waals surface area contributed by atoms with E-state index in [1.54, 1.807) is 0 Å². The van der Waals surface area contributed by atoms with Crippen LogP contribution in [0.2, 0.25) is 0 Å². The van der Waals surface area contributed by atoms with Crippen molar-refractivity contribution in [2.24, 2.45) is 5.92 Å². The topological polar surface area (TPSA) is 50.8 Å². The average molecular weight is 375 g/mol. The van der Waals surface area contributed by atoms with Crippen molar-refractivity contribution in [2.75, 3.05) is 31.6 Å². The van der Waals surface area contributed by atoms with Crippen molar-refractivity contribution >= 4 is 11.8 Å². The molecule has 0 saturated carbocycles.